The zero-order valence-corrected chi connectivity index (χ0v) is 12.6. The highest BCUT2D eigenvalue weighted by molar-refractivity contribution is 5.94. The second-order valence-electron chi connectivity index (χ2n) is 4.68. The first-order valence-electron chi connectivity index (χ1n) is 7.08. The molecule has 1 aromatic rings. The molecule has 1 rings (SSSR count). The molecule has 1 amide bonds. The molecule has 112 valence electrons. The Morgan fingerprint density at radius 1 is 1.30 bits per heavy atom. The molecule has 1 atom stereocenters. The molecule has 0 radical (unpaired) electrons. The summed E-state index contributed by atoms with van der Waals surface area (Å²) in [7, 11) is 0. The maximum absolute atomic E-state index is 11.4. The molecule has 0 aliphatic carbocycles. The van der Waals surface area contributed by atoms with E-state index in [1.54, 1.807) is 6.92 Å². The Balaban J connectivity index is 2.41. The Morgan fingerprint density at radius 2 is 1.90 bits per heavy atom. The molecule has 0 spiro atoms. The predicted octanol–water partition coefficient (Wildman–Crippen LogP) is 1.69. The first-order valence-corrected chi connectivity index (χ1v) is 7.08. The molecule has 0 heterocycles. The van der Waals surface area contributed by atoms with E-state index in [0.29, 0.717) is 6.61 Å². The number of rotatable bonds is 8. The number of nitrogens with one attached hydrogen (secondary N) is 1. The largest absolute Gasteiger partial charge is 0.492 e. The summed E-state index contributed by atoms with van der Waals surface area (Å²) < 4.78 is 5.67. The highest BCUT2D eigenvalue weighted by atomic mass is 16.5. The lowest BCUT2D eigenvalue weighted by Crippen LogP contribution is -2.32. The van der Waals surface area contributed by atoms with Crippen LogP contribution in [0.1, 0.15) is 20.8 Å². The standard InChI is InChI=1S/C15H25N3O2/c1-4-18(5-2)10-11-20-14-8-6-13(7-9-14)17-15(19)12(3)16/h6-9,12H,4-5,10-11,16H2,1-3H3,(H,17,19)/t12-/m1/s1. The van der Waals surface area contributed by atoms with Crippen LogP contribution in [-0.2, 0) is 4.79 Å². The number of carbonyl (C=O) groups is 1. The van der Waals surface area contributed by atoms with Crippen LogP contribution in [0.4, 0.5) is 5.69 Å². The van der Waals surface area contributed by atoms with Crippen molar-refractivity contribution < 1.29 is 9.53 Å². The van der Waals surface area contributed by atoms with Crippen molar-refractivity contribution in [3.63, 3.8) is 0 Å². The molecule has 5 heteroatoms. The zero-order chi connectivity index (χ0) is 15.0. The lowest BCUT2D eigenvalue weighted by molar-refractivity contribution is -0.117. The summed E-state index contributed by atoms with van der Waals surface area (Å²) in [6, 6.07) is 6.80. The van der Waals surface area contributed by atoms with E-state index in [1.165, 1.54) is 0 Å². The molecule has 1 aromatic carbocycles. The maximum Gasteiger partial charge on any atom is 0.240 e. The van der Waals surface area contributed by atoms with Crippen LogP contribution in [0, 0.1) is 0 Å². The van der Waals surface area contributed by atoms with Crippen LogP contribution in [0.3, 0.4) is 0 Å². The number of nitrogens with two attached hydrogens (primary N) is 1. The minimum Gasteiger partial charge on any atom is -0.492 e. The van der Waals surface area contributed by atoms with Gasteiger partial charge in [0, 0.05) is 12.2 Å². The van der Waals surface area contributed by atoms with Crippen molar-refractivity contribution in [1.29, 1.82) is 0 Å². The summed E-state index contributed by atoms with van der Waals surface area (Å²) in [5.74, 6) is 0.608. The number of ether oxygens (including phenoxy) is 1. The first kappa shape index (κ1) is 16.5. The average Bonchev–Trinajstić information content (AvgIpc) is 2.45. The topological polar surface area (TPSA) is 67.6 Å². The van der Waals surface area contributed by atoms with Crippen molar-refractivity contribution >= 4 is 11.6 Å². The van der Waals surface area contributed by atoms with Gasteiger partial charge < -0.3 is 20.7 Å². The van der Waals surface area contributed by atoms with Gasteiger partial charge in [-0.05, 0) is 44.3 Å². The smallest absolute Gasteiger partial charge is 0.240 e. The molecular formula is C15H25N3O2. The minimum atomic E-state index is -0.514. The summed E-state index contributed by atoms with van der Waals surface area (Å²) in [4.78, 5) is 13.7. The summed E-state index contributed by atoms with van der Waals surface area (Å²) in [5.41, 5.74) is 6.22. The maximum atomic E-state index is 11.4. The van der Waals surface area contributed by atoms with Gasteiger partial charge in [0.05, 0.1) is 6.04 Å². The number of likely N-dealkylation sites (N-methyl/N-ethyl adjacent to an activating group) is 1. The van der Waals surface area contributed by atoms with Gasteiger partial charge in [-0.25, -0.2) is 0 Å². The SMILES string of the molecule is CCN(CC)CCOc1ccc(NC(=O)[C@@H](C)N)cc1. The number of benzene rings is 1. The summed E-state index contributed by atoms with van der Waals surface area (Å²) >= 11 is 0. The Hall–Kier alpha value is -1.59. The Bertz CT molecular complexity index is 400. The van der Waals surface area contributed by atoms with E-state index in [-0.39, 0.29) is 5.91 Å². The molecular weight excluding hydrogens is 254 g/mol. The number of hydrogen-bond donors (Lipinski definition) is 2. The van der Waals surface area contributed by atoms with Gasteiger partial charge in [-0.2, -0.15) is 0 Å². The van der Waals surface area contributed by atoms with Crippen LogP contribution in [0.2, 0.25) is 0 Å². The second-order valence-corrected chi connectivity index (χ2v) is 4.68. The number of nitrogens with zero attached hydrogens (tertiary/aromatic N) is 1. The molecule has 5 nitrogen and oxygen atoms in total. The molecule has 0 saturated heterocycles. The number of anilines is 1. The highest BCUT2D eigenvalue weighted by Gasteiger charge is 2.07. The summed E-state index contributed by atoms with van der Waals surface area (Å²) in [5, 5.41) is 2.73. The molecule has 3 N–H and O–H groups in total. The van der Waals surface area contributed by atoms with E-state index in [0.717, 1.165) is 31.1 Å². The molecule has 0 aliphatic heterocycles. The summed E-state index contributed by atoms with van der Waals surface area (Å²) in [6.45, 7) is 9.56. The average molecular weight is 279 g/mol. The minimum absolute atomic E-state index is 0.194. The molecule has 0 fully saturated rings. The van der Waals surface area contributed by atoms with E-state index in [1.807, 2.05) is 24.3 Å². The Labute approximate surface area is 121 Å². The fraction of sp³-hybridized carbons (Fsp3) is 0.533. The summed E-state index contributed by atoms with van der Waals surface area (Å²) in [6.07, 6.45) is 0. The van der Waals surface area contributed by atoms with Crippen molar-refractivity contribution in [3.05, 3.63) is 24.3 Å². The third kappa shape index (κ3) is 5.59. The third-order valence-corrected chi connectivity index (χ3v) is 3.11. The Morgan fingerprint density at radius 3 is 2.40 bits per heavy atom. The van der Waals surface area contributed by atoms with Gasteiger partial charge in [0.2, 0.25) is 5.91 Å². The van der Waals surface area contributed by atoms with Gasteiger partial charge in [0.1, 0.15) is 12.4 Å². The quantitative estimate of drug-likeness (QED) is 0.760. The number of amides is 1. The fourth-order valence-electron chi connectivity index (χ4n) is 1.72. The van der Waals surface area contributed by atoms with Crippen LogP contribution in [0.5, 0.6) is 5.75 Å². The van der Waals surface area contributed by atoms with E-state index >= 15 is 0 Å². The molecule has 20 heavy (non-hydrogen) atoms. The zero-order valence-electron chi connectivity index (χ0n) is 12.6. The normalized spacial score (nSPS) is 12.2. The predicted molar refractivity (Wildman–Crippen MR) is 82.0 cm³/mol. The highest BCUT2D eigenvalue weighted by Crippen LogP contribution is 2.15. The van der Waals surface area contributed by atoms with Crippen molar-refractivity contribution in [2.24, 2.45) is 5.73 Å². The van der Waals surface area contributed by atoms with Gasteiger partial charge in [0.15, 0.2) is 0 Å². The fourth-order valence-corrected chi connectivity index (χ4v) is 1.72. The van der Waals surface area contributed by atoms with Crippen LogP contribution >= 0.6 is 0 Å². The molecule has 0 bridgehead atoms. The van der Waals surface area contributed by atoms with Gasteiger partial charge >= 0.3 is 0 Å². The van der Waals surface area contributed by atoms with Crippen molar-refractivity contribution in [2.45, 2.75) is 26.8 Å². The molecule has 0 saturated carbocycles. The Kier molecular flexibility index (Phi) is 7.04. The van der Waals surface area contributed by atoms with Crippen LogP contribution < -0.4 is 15.8 Å². The van der Waals surface area contributed by atoms with Crippen LogP contribution in [0.25, 0.3) is 0 Å². The van der Waals surface area contributed by atoms with E-state index in [4.69, 9.17) is 10.5 Å². The molecule has 0 aliphatic rings. The van der Waals surface area contributed by atoms with Gasteiger partial charge in [0.25, 0.3) is 0 Å². The lowest BCUT2D eigenvalue weighted by atomic mass is 10.2. The number of carbonyl (C=O) groups excluding carboxylic acids is 1. The number of hydrogen-bond acceptors (Lipinski definition) is 4. The van der Waals surface area contributed by atoms with Crippen molar-refractivity contribution in [1.82, 2.24) is 4.90 Å². The van der Waals surface area contributed by atoms with Gasteiger partial charge in [-0.3, -0.25) is 4.79 Å². The van der Waals surface area contributed by atoms with E-state index < -0.39 is 6.04 Å². The van der Waals surface area contributed by atoms with E-state index in [9.17, 15) is 4.79 Å². The third-order valence-electron chi connectivity index (χ3n) is 3.11. The molecule has 0 unspecified atom stereocenters. The van der Waals surface area contributed by atoms with E-state index in [2.05, 4.69) is 24.1 Å². The van der Waals surface area contributed by atoms with Crippen LogP contribution in [-0.4, -0.2) is 43.1 Å². The first-order chi connectivity index (χ1) is 9.56. The van der Waals surface area contributed by atoms with Gasteiger partial charge in [-0.1, -0.05) is 13.8 Å². The van der Waals surface area contributed by atoms with Gasteiger partial charge in [-0.15, -0.1) is 0 Å². The monoisotopic (exact) mass is 279 g/mol. The van der Waals surface area contributed by atoms with Crippen molar-refractivity contribution in [3.8, 4) is 5.75 Å². The van der Waals surface area contributed by atoms with Crippen molar-refractivity contribution in [2.75, 3.05) is 31.6 Å². The second kappa shape index (κ2) is 8.55. The van der Waals surface area contributed by atoms with Crippen LogP contribution in [0.15, 0.2) is 24.3 Å². The lowest BCUT2D eigenvalue weighted by Gasteiger charge is -2.18. The molecule has 0 aromatic heterocycles.